The molecule has 0 amide bonds. The highest BCUT2D eigenvalue weighted by Gasteiger charge is 2.09. The van der Waals surface area contributed by atoms with Crippen LogP contribution in [-0.4, -0.2) is 24.5 Å². The van der Waals surface area contributed by atoms with Crippen molar-refractivity contribution < 1.29 is 4.42 Å². The lowest BCUT2D eigenvalue weighted by Gasteiger charge is -2.16. The molecule has 1 heterocycles. The van der Waals surface area contributed by atoms with Gasteiger partial charge in [0, 0.05) is 18.7 Å². The molecule has 0 bridgehead atoms. The summed E-state index contributed by atoms with van der Waals surface area (Å²) < 4.78 is 5.81. The van der Waals surface area contributed by atoms with E-state index in [0.29, 0.717) is 0 Å². The highest BCUT2D eigenvalue weighted by molar-refractivity contribution is 5.20. The van der Waals surface area contributed by atoms with Crippen LogP contribution in [0.1, 0.15) is 37.4 Å². The molecule has 1 aromatic rings. The highest BCUT2D eigenvalue weighted by Crippen LogP contribution is 2.16. The first-order valence-corrected chi connectivity index (χ1v) is 6.83. The van der Waals surface area contributed by atoms with Crippen molar-refractivity contribution >= 4 is 0 Å². The van der Waals surface area contributed by atoms with Crippen LogP contribution in [0.2, 0.25) is 0 Å². The standard InChI is InChI=1S/C15H26N2O/c1-5-8-16-11-14-10-15(18-13(14)4)12-17(7-3)9-6-2/h6,10,16H,2,5,7-9,11-12H2,1,3-4H3. The normalized spacial score (nSPS) is 11.1. The van der Waals surface area contributed by atoms with Gasteiger partial charge in [-0.1, -0.05) is 19.9 Å². The molecule has 18 heavy (non-hydrogen) atoms. The number of nitrogens with zero attached hydrogens (tertiary/aromatic N) is 1. The summed E-state index contributed by atoms with van der Waals surface area (Å²) in [6.07, 6.45) is 3.09. The summed E-state index contributed by atoms with van der Waals surface area (Å²) in [6, 6.07) is 2.17. The van der Waals surface area contributed by atoms with Gasteiger partial charge in [0.05, 0.1) is 6.54 Å². The van der Waals surface area contributed by atoms with E-state index in [1.54, 1.807) is 0 Å². The van der Waals surface area contributed by atoms with Crippen LogP contribution in [0.15, 0.2) is 23.1 Å². The van der Waals surface area contributed by atoms with E-state index in [-0.39, 0.29) is 0 Å². The van der Waals surface area contributed by atoms with Crippen molar-refractivity contribution in [1.82, 2.24) is 10.2 Å². The fourth-order valence-electron chi connectivity index (χ4n) is 1.95. The minimum atomic E-state index is 0.858. The van der Waals surface area contributed by atoms with Crippen LogP contribution in [0.4, 0.5) is 0 Å². The number of aryl methyl sites for hydroxylation is 1. The lowest BCUT2D eigenvalue weighted by atomic mass is 10.2. The van der Waals surface area contributed by atoms with Gasteiger partial charge in [-0.05, 0) is 32.5 Å². The minimum Gasteiger partial charge on any atom is -0.465 e. The van der Waals surface area contributed by atoms with Crippen molar-refractivity contribution in [2.24, 2.45) is 0 Å². The van der Waals surface area contributed by atoms with Gasteiger partial charge in [-0.15, -0.1) is 6.58 Å². The SMILES string of the molecule is C=CCN(CC)Cc1cc(CNCCC)c(C)o1. The van der Waals surface area contributed by atoms with E-state index in [0.717, 1.165) is 50.7 Å². The van der Waals surface area contributed by atoms with Crippen molar-refractivity contribution in [2.45, 2.75) is 40.3 Å². The second kappa shape index (κ2) is 8.11. The summed E-state index contributed by atoms with van der Waals surface area (Å²) in [5.41, 5.74) is 1.27. The quantitative estimate of drug-likeness (QED) is 0.539. The minimum absolute atomic E-state index is 0.858. The first kappa shape index (κ1) is 15.0. The zero-order valence-corrected chi connectivity index (χ0v) is 12.0. The molecule has 0 atom stereocenters. The summed E-state index contributed by atoms with van der Waals surface area (Å²) in [5.74, 6) is 2.08. The molecular formula is C15H26N2O. The Labute approximate surface area is 111 Å². The molecule has 0 aliphatic rings. The van der Waals surface area contributed by atoms with Crippen LogP contribution < -0.4 is 5.32 Å². The molecule has 1 aromatic heterocycles. The Morgan fingerprint density at radius 2 is 2.22 bits per heavy atom. The van der Waals surface area contributed by atoms with Gasteiger partial charge in [-0.3, -0.25) is 4.90 Å². The van der Waals surface area contributed by atoms with Crippen LogP contribution in [0.25, 0.3) is 0 Å². The second-order valence-electron chi connectivity index (χ2n) is 4.59. The number of hydrogen-bond donors (Lipinski definition) is 1. The maximum absolute atomic E-state index is 5.81. The molecule has 1 N–H and O–H groups in total. The molecule has 1 rings (SSSR count). The van der Waals surface area contributed by atoms with Gasteiger partial charge in [-0.2, -0.15) is 0 Å². The third-order valence-electron chi connectivity index (χ3n) is 3.03. The fourth-order valence-corrected chi connectivity index (χ4v) is 1.95. The topological polar surface area (TPSA) is 28.4 Å². The summed E-state index contributed by atoms with van der Waals surface area (Å²) in [5, 5.41) is 3.41. The van der Waals surface area contributed by atoms with E-state index in [9.17, 15) is 0 Å². The summed E-state index contributed by atoms with van der Waals surface area (Å²) in [4.78, 5) is 2.30. The number of hydrogen-bond acceptors (Lipinski definition) is 3. The molecule has 0 fully saturated rings. The maximum Gasteiger partial charge on any atom is 0.118 e. The van der Waals surface area contributed by atoms with Crippen molar-refractivity contribution in [2.75, 3.05) is 19.6 Å². The molecule has 0 spiro atoms. The van der Waals surface area contributed by atoms with E-state index in [1.807, 2.05) is 13.0 Å². The number of nitrogens with one attached hydrogen (secondary N) is 1. The number of rotatable bonds is 9. The zero-order valence-electron chi connectivity index (χ0n) is 12.0. The van der Waals surface area contributed by atoms with Crippen LogP contribution in [0.3, 0.4) is 0 Å². The molecule has 3 nitrogen and oxygen atoms in total. The molecule has 0 saturated heterocycles. The van der Waals surface area contributed by atoms with Gasteiger partial charge in [0.15, 0.2) is 0 Å². The van der Waals surface area contributed by atoms with Gasteiger partial charge in [0.2, 0.25) is 0 Å². The van der Waals surface area contributed by atoms with Crippen molar-refractivity contribution in [1.29, 1.82) is 0 Å². The fraction of sp³-hybridized carbons (Fsp3) is 0.600. The van der Waals surface area contributed by atoms with E-state index in [2.05, 4.69) is 36.7 Å². The zero-order chi connectivity index (χ0) is 13.4. The third-order valence-corrected chi connectivity index (χ3v) is 3.03. The molecule has 102 valence electrons. The van der Waals surface area contributed by atoms with E-state index in [1.165, 1.54) is 5.56 Å². The van der Waals surface area contributed by atoms with Crippen LogP contribution in [0.5, 0.6) is 0 Å². The average molecular weight is 250 g/mol. The lowest BCUT2D eigenvalue weighted by molar-refractivity contribution is 0.279. The molecule has 0 aliphatic heterocycles. The molecule has 0 aromatic carbocycles. The average Bonchev–Trinajstić information content (AvgIpc) is 2.70. The number of furan rings is 1. The molecule has 0 saturated carbocycles. The Morgan fingerprint density at radius 3 is 2.83 bits per heavy atom. The van der Waals surface area contributed by atoms with Crippen molar-refractivity contribution in [3.8, 4) is 0 Å². The second-order valence-corrected chi connectivity index (χ2v) is 4.59. The maximum atomic E-state index is 5.81. The van der Waals surface area contributed by atoms with Gasteiger partial charge in [0.1, 0.15) is 11.5 Å². The smallest absolute Gasteiger partial charge is 0.118 e. The van der Waals surface area contributed by atoms with Crippen LogP contribution in [-0.2, 0) is 13.1 Å². The third kappa shape index (κ3) is 4.67. The summed E-state index contributed by atoms with van der Waals surface area (Å²) in [7, 11) is 0. The van der Waals surface area contributed by atoms with Crippen LogP contribution >= 0.6 is 0 Å². The Kier molecular flexibility index (Phi) is 6.76. The first-order chi connectivity index (χ1) is 8.71. The Balaban J connectivity index is 2.56. The highest BCUT2D eigenvalue weighted by atomic mass is 16.3. The van der Waals surface area contributed by atoms with Gasteiger partial charge in [0.25, 0.3) is 0 Å². The number of likely N-dealkylation sites (N-methyl/N-ethyl adjacent to an activating group) is 1. The van der Waals surface area contributed by atoms with Crippen molar-refractivity contribution in [3.05, 3.63) is 35.8 Å². The molecular weight excluding hydrogens is 224 g/mol. The largest absolute Gasteiger partial charge is 0.465 e. The van der Waals surface area contributed by atoms with E-state index < -0.39 is 0 Å². The van der Waals surface area contributed by atoms with Gasteiger partial charge < -0.3 is 9.73 Å². The monoisotopic (exact) mass is 250 g/mol. The summed E-state index contributed by atoms with van der Waals surface area (Å²) >= 11 is 0. The van der Waals surface area contributed by atoms with Crippen molar-refractivity contribution in [3.63, 3.8) is 0 Å². The molecule has 3 heteroatoms. The van der Waals surface area contributed by atoms with E-state index >= 15 is 0 Å². The predicted molar refractivity (Wildman–Crippen MR) is 76.6 cm³/mol. The van der Waals surface area contributed by atoms with Gasteiger partial charge in [-0.25, -0.2) is 0 Å². The lowest BCUT2D eigenvalue weighted by Crippen LogP contribution is -2.22. The van der Waals surface area contributed by atoms with E-state index in [4.69, 9.17) is 4.42 Å². The molecule has 0 unspecified atom stereocenters. The Morgan fingerprint density at radius 1 is 1.44 bits per heavy atom. The molecule has 0 radical (unpaired) electrons. The first-order valence-electron chi connectivity index (χ1n) is 6.83. The predicted octanol–water partition coefficient (Wildman–Crippen LogP) is 3.10. The molecule has 0 aliphatic carbocycles. The van der Waals surface area contributed by atoms with Crippen LogP contribution in [0, 0.1) is 6.92 Å². The summed E-state index contributed by atoms with van der Waals surface area (Å²) in [6.45, 7) is 14.9. The Bertz CT molecular complexity index is 357. The van der Waals surface area contributed by atoms with Gasteiger partial charge >= 0.3 is 0 Å². The Hall–Kier alpha value is -1.06.